The van der Waals surface area contributed by atoms with E-state index in [2.05, 4.69) is 11.4 Å². The molecule has 1 atom stereocenters. The average molecular weight is 499 g/mol. The normalized spacial score (nSPS) is 15.9. The lowest BCUT2D eigenvalue weighted by Crippen LogP contribution is -2.47. The first-order valence-electron chi connectivity index (χ1n) is 11.6. The number of carbonyl (C=O) groups excluding carboxylic acids is 1. The van der Waals surface area contributed by atoms with E-state index in [-0.39, 0.29) is 29.9 Å². The Morgan fingerprint density at radius 2 is 1.79 bits per heavy atom. The monoisotopic (exact) mass is 498 g/mol. The molecule has 1 aliphatic rings. The van der Waals surface area contributed by atoms with E-state index in [1.54, 1.807) is 41.7 Å². The summed E-state index contributed by atoms with van der Waals surface area (Å²) in [4.78, 5) is 17.0. The maximum Gasteiger partial charge on any atom is 0.243 e. The first kappa shape index (κ1) is 24.6. The van der Waals surface area contributed by atoms with Gasteiger partial charge in [-0.25, -0.2) is 8.42 Å². The van der Waals surface area contributed by atoms with Gasteiger partial charge in [0, 0.05) is 31.2 Å². The van der Waals surface area contributed by atoms with Gasteiger partial charge in [-0.15, -0.1) is 11.3 Å². The molecule has 0 radical (unpaired) electrons. The summed E-state index contributed by atoms with van der Waals surface area (Å²) >= 11 is 1.71. The number of amides is 1. The van der Waals surface area contributed by atoms with Gasteiger partial charge in [0.25, 0.3) is 0 Å². The summed E-state index contributed by atoms with van der Waals surface area (Å²) in [7, 11) is -3.82. The van der Waals surface area contributed by atoms with Crippen molar-refractivity contribution in [2.75, 3.05) is 32.8 Å². The first-order valence-corrected chi connectivity index (χ1v) is 13.9. The number of hydrogen-bond donors (Lipinski definition) is 0. The number of sulfonamides is 1. The SMILES string of the molecule is CCOCCCN(CC(=O)N1CCc2sccc2C1c1ccccc1)S(=O)(=O)c1ccccc1. The number of thiophene rings is 1. The van der Waals surface area contributed by atoms with Crippen molar-refractivity contribution in [3.8, 4) is 0 Å². The van der Waals surface area contributed by atoms with E-state index in [9.17, 15) is 13.2 Å². The van der Waals surface area contributed by atoms with Gasteiger partial charge in [0.15, 0.2) is 0 Å². The average Bonchev–Trinajstić information content (AvgIpc) is 3.35. The van der Waals surface area contributed by atoms with Crippen LogP contribution in [0.4, 0.5) is 0 Å². The fourth-order valence-corrected chi connectivity index (χ4v) is 6.69. The highest BCUT2D eigenvalue weighted by Crippen LogP contribution is 2.37. The van der Waals surface area contributed by atoms with Crippen LogP contribution in [0.5, 0.6) is 0 Å². The minimum atomic E-state index is -3.82. The van der Waals surface area contributed by atoms with E-state index < -0.39 is 10.0 Å². The standard InChI is InChI=1S/C26H30N2O4S2/c1-2-32-18-9-16-27(34(30,31)22-12-7-4-8-13-22)20-25(29)28-17-14-24-23(15-19-33-24)26(28)21-10-5-3-6-11-21/h3-8,10-13,15,19,26H,2,9,14,16-18,20H2,1H3. The Labute approximate surface area is 205 Å². The van der Waals surface area contributed by atoms with Crippen LogP contribution in [0.15, 0.2) is 77.0 Å². The third-order valence-corrected chi connectivity index (χ3v) is 8.85. The number of hydrogen-bond acceptors (Lipinski definition) is 5. The summed E-state index contributed by atoms with van der Waals surface area (Å²) in [6.45, 7) is 3.49. The van der Waals surface area contributed by atoms with Crippen LogP contribution in [0, 0.1) is 0 Å². The Balaban J connectivity index is 1.61. The molecular weight excluding hydrogens is 468 g/mol. The van der Waals surface area contributed by atoms with Crippen LogP contribution >= 0.6 is 11.3 Å². The lowest BCUT2D eigenvalue weighted by atomic mass is 9.93. The van der Waals surface area contributed by atoms with Gasteiger partial charge in [-0.3, -0.25) is 4.79 Å². The molecule has 0 N–H and O–H groups in total. The molecule has 1 unspecified atom stereocenters. The summed E-state index contributed by atoms with van der Waals surface area (Å²) in [5.74, 6) is -0.193. The Bertz CT molecular complexity index is 1180. The first-order chi connectivity index (χ1) is 16.5. The molecule has 0 bridgehead atoms. The quantitative estimate of drug-likeness (QED) is 0.390. The van der Waals surface area contributed by atoms with Gasteiger partial charge in [-0.1, -0.05) is 48.5 Å². The second-order valence-corrected chi connectivity index (χ2v) is 11.1. The smallest absolute Gasteiger partial charge is 0.243 e. The Kier molecular flexibility index (Phi) is 8.15. The number of benzene rings is 2. The van der Waals surface area contributed by atoms with Crippen molar-refractivity contribution in [3.63, 3.8) is 0 Å². The molecule has 1 aromatic heterocycles. The Hall–Kier alpha value is -2.52. The van der Waals surface area contributed by atoms with Crippen LogP contribution in [-0.4, -0.2) is 56.4 Å². The second-order valence-electron chi connectivity index (χ2n) is 8.15. The highest BCUT2D eigenvalue weighted by molar-refractivity contribution is 7.89. The van der Waals surface area contributed by atoms with Gasteiger partial charge < -0.3 is 9.64 Å². The Morgan fingerprint density at radius 3 is 2.50 bits per heavy atom. The molecule has 1 aliphatic heterocycles. The lowest BCUT2D eigenvalue weighted by Gasteiger charge is -2.37. The number of fused-ring (bicyclic) bond motifs is 1. The van der Waals surface area contributed by atoms with Gasteiger partial charge >= 0.3 is 0 Å². The van der Waals surface area contributed by atoms with Crippen molar-refractivity contribution >= 4 is 27.3 Å². The molecule has 0 aliphatic carbocycles. The van der Waals surface area contributed by atoms with E-state index in [1.807, 2.05) is 42.2 Å². The molecule has 2 aromatic carbocycles. The predicted molar refractivity (Wildman–Crippen MR) is 134 cm³/mol. The topological polar surface area (TPSA) is 66.9 Å². The van der Waals surface area contributed by atoms with E-state index in [0.717, 1.165) is 17.5 Å². The molecule has 2 heterocycles. The molecular formula is C26H30N2O4S2. The molecule has 0 saturated heterocycles. The fraction of sp³-hybridized carbons (Fsp3) is 0.346. The third kappa shape index (κ3) is 5.41. The highest BCUT2D eigenvalue weighted by atomic mass is 32.2. The van der Waals surface area contributed by atoms with Gasteiger partial charge in [0.2, 0.25) is 15.9 Å². The van der Waals surface area contributed by atoms with Crippen LogP contribution in [0.25, 0.3) is 0 Å². The number of ether oxygens (including phenoxy) is 1. The lowest BCUT2D eigenvalue weighted by molar-refractivity contribution is -0.133. The number of nitrogens with zero attached hydrogens (tertiary/aromatic N) is 2. The summed E-state index contributed by atoms with van der Waals surface area (Å²) in [5, 5.41) is 2.06. The molecule has 0 fully saturated rings. The molecule has 1 amide bonds. The zero-order valence-corrected chi connectivity index (χ0v) is 20.9. The summed E-state index contributed by atoms with van der Waals surface area (Å²) < 4.78 is 33.6. The largest absolute Gasteiger partial charge is 0.382 e. The molecule has 0 saturated carbocycles. The zero-order valence-electron chi connectivity index (χ0n) is 19.3. The minimum absolute atomic E-state index is 0.192. The molecule has 0 spiro atoms. The number of carbonyl (C=O) groups is 1. The maximum atomic E-state index is 13.7. The second kappa shape index (κ2) is 11.3. The van der Waals surface area contributed by atoms with Crippen LogP contribution < -0.4 is 0 Å². The predicted octanol–water partition coefficient (Wildman–Crippen LogP) is 4.34. The van der Waals surface area contributed by atoms with Crippen molar-refractivity contribution in [1.29, 1.82) is 0 Å². The highest BCUT2D eigenvalue weighted by Gasteiger charge is 2.35. The zero-order chi connectivity index (χ0) is 24.0. The minimum Gasteiger partial charge on any atom is -0.382 e. The third-order valence-electron chi connectivity index (χ3n) is 5.99. The molecule has 180 valence electrons. The molecule has 8 heteroatoms. The van der Waals surface area contributed by atoms with Crippen LogP contribution in [0.2, 0.25) is 0 Å². The van der Waals surface area contributed by atoms with Gasteiger partial charge in [0.05, 0.1) is 17.5 Å². The summed E-state index contributed by atoms with van der Waals surface area (Å²) in [6, 6.07) is 20.1. The van der Waals surface area contributed by atoms with E-state index in [4.69, 9.17) is 4.74 Å². The van der Waals surface area contributed by atoms with Crippen LogP contribution in [0.3, 0.4) is 0 Å². The van der Waals surface area contributed by atoms with Crippen molar-refractivity contribution in [3.05, 3.63) is 88.1 Å². The molecule has 34 heavy (non-hydrogen) atoms. The van der Waals surface area contributed by atoms with Crippen molar-refractivity contribution in [2.45, 2.75) is 30.7 Å². The van der Waals surface area contributed by atoms with E-state index in [0.29, 0.717) is 26.2 Å². The molecule has 6 nitrogen and oxygen atoms in total. The van der Waals surface area contributed by atoms with Crippen LogP contribution in [-0.2, 0) is 26.0 Å². The number of rotatable bonds is 10. The van der Waals surface area contributed by atoms with E-state index >= 15 is 0 Å². The van der Waals surface area contributed by atoms with Crippen molar-refractivity contribution < 1.29 is 17.9 Å². The van der Waals surface area contributed by atoms with Gasteiger partial charge in [-0.2, -0.15) is 4.31 Å². The van der Waals surface area contributed by atoms with Crippen molar-refractivity contribution in [1.82, 2.24) is 9.21 Å². The van der Waals surface area contributed by atoms with Gasteiger partial charge in [0.1, 0.15) is 0 Å². The summed E-state index contributed by atoms with van der Waals surface area (Å²) in [6.07, 6.45) is 1.29. The van der Waals surface area contributed by atoms with E-state index in [1.165, 1.54) is 9.18 Å². The summed E-state index contributed by atoms with van der Waals surface area (Å²) in [5.41, 5.74) is 2.16. The van der Waals surface area contributed by atoms with Crippen LogP contribution in [0.1, 0.15) is 35.4 Å². The molecule has 3 aromatic rings. The van der Waals surface area contributed by atoms with Crippen molar-refractivity contribution in [2.24, 2.45) is 0 Å². The Morgan fingerprint density at radius 1 is 1.09 bits per heavy atom. The maximum absolute atomic E-state index is 13.7. The molecule has 4 rings (SSSR count). The van der Waals surface area contributed by atoms with Gasteiger partial charge in [-0.05, 0) is 54.5 Å². The fourth-order valence-electron chi connectivity index (χ4n) is 4.33.